The molecule has 1 saturated heterocycles. The summed E-state index contributed by atoms with van der Waals surface area (Å²) in [6, 6.07) is 13.7. The van der Waals surface area contributed by atoms with E-state index < -0.39 is 0 Å². The molecule has 0 saturated carbocycles. The number of phenols is 1. The average Bonchev–Trinajstić information content (AvgIpc) is 3.33. The van der Waals surface area contributed by atoms with Gasteiger partial charge >= 0.3 is 0 Å². The average molecular weight is 461 g/mol. The largest absolute Gasteiger partial charge is 0.508 e. The van der Waals surface area contributed by atoms with Gasteiger partial charge in [0, 0.05) is 25.2 Å². The van der Waals surface area contributed by atoms with Crippen molar-refractivity contribution in [1.29, 1.82) is 0 Å². The molecule has 0 atom stereocenters. The lowest BCUT2D eigenvalue weighted by molar-refractivity contribution is 0.0999. The quantitative estimate of drug-likeness (QED) is 0.470. The number of hydrogen-bond donors (Lipinski definition) is 2. The van der Waals surface area contributed by atoms with Gasteiger partial charge in [0.2, 0.25) is 5.91 Å². The first-order valence-electron chi connectivity index (χ1n) is 11.7. The molecule has 172 valence electrons. The van der Waals surface area contributed by atoms with Crippen molar-refractivity contribution in [3.63, 3.8) is 0 Å². The second kappa shape index (κ2) is 10.4. The number of rotatable bonds is 7. The van der Waals surface area contributed by atoms with E-state index in [1.54, 1.807) is 17.4 Å². The van der Waals surface area contributed by atoms with Gasteiger partial charge in [-0.1, -0.05) is 37.6 Å². The lowest BCUT2D eigenvalue weighted by atomic mass is 9.82. The summed E-state index contributed by atoms with van der Waals surface area (Å²) in [6.45, 7) is 7.22. The third kappa shape index (κ3) is 5.05. The summed E-state index contributed by atoms with van der Waals surface area (Å²) in [5.74, 6) is -0.107. The van der Waals surface area contributed by atoms with Crippen LogP contribution < -0.4 is 5.73 Å². The van der Waals surface area contributed by atoms with Gasteiger partial charge in [0.1, 0.15) is 5.75 Å². The van der Waals surface area contributed by atoms with Gasteiger partial charge in [-0.15, -0.1) is 0 Å². The monoisotopic (exact) mass is 460 g/mol. The fourth-order valence-electron chi connectivity index (χ4n) is 5.05. The SMILES string of the molecule is CCc1c(C(N)=O)ccc(C(=C2CCN(Cc3ccsc3)CC2)c2cccc(O)c2)c1CC. The Balaban J connectivity index is 1.78. The zero-order valence-corrected chi connectivity index (χ0v) is 20.3. The maximum Gasteiger partial charge on any atom is 0.248 e. The number of amides is 1. The number of phenolic OH excluding ortho intramolecular Hbond substituents is 1. The van der Waals surface area contributed by atoms with E-state index in [4.69, 9.17) is 5.73 Å². The summed E-state index contributed by atoms with van der Waals surface area (Å²) in [4.78, 5) is 14.6. The van der Waals surface area contributed by atoms with Crippen LogP contribution in [0.5, 0.6) is 5.75 Å². The van der Waals surface area contributed by atoms with Crippen LogP contribution in [-0.4, -0.2) is 29.0 Å². The van der Waals surface area contributed by atoms with Crippen LogP contribution in [0.3, 0.4) is 0 Å². The van der Waals surface area contributed by atoms with Crippen molar-refractivity contribution >= 4 is 22.8 Å². The third-order valence-corrected chi connectivity index (χ3v) is 7.34. The number of hydrogen-bond acceptors (Lipinski definition) is 4. The summed E-state index contributed by atoms with van der Waals surface area (Å²) >= 11 is 1.75. The molecule has 0 unspecified atom stereocenters. The molecule has 2 heterocycles. The van der Waals surface area contributed by atoms with Crippen LogP contribution in [0.2, 0.25) is 0 Å². The predicted molar refractivity (Wildman–Crippen MR) is 137 cm³/mol. The van der Waals surface area contributed by atoms with E-state index in [-0.39, 0.29) is 11.7 Å². The second-order valence-corrected chi connectivity index (χ2v) is 9.41. The van der Waals surface area contributed by atoms with E-state index >= 15 is 0 Å². The van der Waals surface area contributed by atoms with Crippen LogP contribution in [0.1, 0.15) is 64.9 Å². The van der Waals surface area contributed by atoms with Crippen LogP contribution in [0.4, 0.5) is 0 Å². The molecule has 0 bridgehead atoms. The molecule has 33 heavy (non-hydrogen) atoms. The first-order chi connectivity index (χ1) is 16.0. The van der Waals surface area contributed by atoms with E-state index in [2.05, 4.69) is 47.7 Å². The van der Waals surface area contributed by atoms with Crippen molar-refractivity contribution in [1.82, 2.24) is 4.90 Å². The summed E-state index contributed by atoms with van der Waals surface area (Å²) < 4.78 is 0. The summed E-state index contributed by atoms with van der Waals surface area (Å²) in [6.07, 6.45) is 3.54. The smallest absolute Gasteiger partial charge is 0.248 e. The van der Waals surface area contributed by atoms with Crippen LogP contribution in [0.15, 0.2) is 58.8 Å². The zero-order valence-electron chi connectivity index (χ0n) is 19.4. The highest BCUT2D eigenvalue weighted by Crippen LogP contribution is 2.37. The molecule has 1 aliphatic heterocycles. The van der Waals surface area contributed by atoms with Crippen LogP contribution in [0, 0.1) is 0 Å². The van der Waals surface area contributed by atoms with Crippen LogP contribution >= 0.6 is 11.3 Å². The molecule has 1 aliphatic rings. The minimum absolute atomic E-state index is 0.267. The number of aromatic hydroxyl groups is 1. The molecule has 5 heteroatoms. The molecule has 1 aromatic heterocycles. The van der Waals surface area contributed by atoms with Gasteiger partial charge in [0.25, 0.3) is 0 Å². The number of piperidine rings is 1. The lowest BCUT2D eigenvalue weighted by Gasteiger charge is -2.30. The Morgan fingerprint density at radius 1 is 1.03 bits per heavy atom. The van der Waals surface area contributed by atoms with E-state index in [0.717, 1.165) is 62.0 Å². The summed E-state index contributed by atoms with van der Waals surface area (Å²) in [7, 11) is 0. The highest BCUT2D eigenvalue weighted by atomic mass is 32.1. The number of carbonyl (C=O) groups excluding carboxylic acids is 1. The first kappa shape index (κ1) is 23.3. The highest BCUT2D eigenvalue weighted by molar-refractivity contribution is 7.07. The van der Waals surface area contributed by atoms with Crippen molar-refractivity contribution in [3.05, 3.63) is 92.2 Å². The fourth-order valence-corrected chi connectivity index (χ4v) is 5.71. The molecular weight excluding hydrogens is 428 g/mol. The normalized spacial score (nSPS) is 14.4. The molecule has 1 amide bonds. The van der Waals surface area contributed by atoms with Gasteiger partial charge in [-0.05, 0) is 94.1 Å². The van der Waals surface area contributed by atoms with E-state index in [9.17, 15) is 9.90 Å². The van der Waals surface area contributed by atoms with Gasteiger partial charge in [-0.25, -0.2) is 0 Å². The van der Waals surface area contributed by atoms with Gasteiger partial charge < -0.3 is 10.8 Å². The van der Waals surface area contributed by atoms with Gasteiger partial charge in [0.15, 0.2) is 0 Å². The Morgan fingerprint density at radius 2 is 1.73 bits per heavy atom. The predicted octanol–water partition coefficient (Wildman–Crippen LogP) is 5.78. The minimum Gasteiger partial charge on any atom is -0.508 e. The first-order valence-corrected chi connectivity index (χ1v) is 12.7. The molecule has 4 rings (SSSR count). The number of thiophene rings is 1. The highest BCUT2D eigenvalue weighted by Gasteiger charge is 2.23. The Hall–Kier alpha value is -2.89. The van der Waals surface area contributed by atoms with Crippen LogP contribution in [0.25, 0.3) is 5.57 Å². The van der Waals surface area contributed by atoms with Crippen molar-refractivity contribution in [3.8, 4) is 5.75 Å². The van der Waals surface area contributed by atoms with E-state index in [0.29, 0.717) is 5.56 Å². The molecule has 4 nitrogen and oxygen atoms in total. The lowest BCUT2D eigenvalue weighted by Crippen LogP contribution is -2.30. The van der Waals surface area contributed by atoms with E-state index in [1.165, 1.54) is 22.3 Å². The van der Waals surface area contributed by atoms with Crippen molar-refractivity contribution in [2.24, 2.45) is 5.73 Å². The fraction of sp³-hybridized carbons (Fsp3) is 0.321. The molecule has 1 fully saturated rings. The molecule has 2 aromatic carbocycles. The molecule has 0 aliphatic carbocycles. The Labute approximate surface area is 200 Å². The number of nitrogens with two attached hydrogens (primary N) is 1. The second-order valence-electron chi connectivity index (χ2n) is 8.63. The summed E-state index contributed by atoms with van der Waals surface area (Å²) in [5, 5.41) is 14.6. The minimum atomic E-state index is -0.374. The maximum atomic E-state index is 12.1. The third-order valence-electron chi connectivity index (χ3n) is 6.61. The number of primary amides is 1. The Bertz CT molecular complexity index is 1150. The van der Waals surface area contributed by atoms with Crippen molar-refractivity contribution in [2.75, 3.05) is 13.1 Å². The van der Waals surface area contributed by atoms with Crippen molar-refractivity contribution < 1.29 is 9.90 Å². The van der Waals surface area contributed by atoms with Crippen LogP contribution in [-0.2, 0) is 19.4 Å². The number of carbonyl (C=O) groups is 1. The number of benzene rings is 2. The van der Waals surface area contributed by atoms with Gasteiger partial charge in [-0.2, -0.15) is 11.3 Å². The maximum absolute atomic E-state index is 12.1. The van der Waals surface area contributed by atoms with Gasteiger partial charge in [0.05, 0.1) is 0 Å². The Kier molecular flexibility index (Phi) is 7.31. The Morgan fingerprint density at radius 3 is 2.33 bits per heavy atom. The zero-order chi connectivity index (χ0) is 23.4. The van der Waals surface area contributed by atoms with E-state index in [1.807, 2.05) is 18.2 Å². The standard InChI is InChI=1S/C28H32N2O2S/c1-3-23-24(4-2)26(28(29)32)9-8-25(23)27(21-6-5-7-22(31)16-21)20-10-13-30(14-11-20)17-19-12-15-33-18-19/h5-9,12,15-16,18,31H,3-4,10-11,13-14,17H2,1-2H3,(H2,29,32). The topological polar surface area (TPSA) is 66.6 Å². The summed E-state index contributed by atoms with van der Waals surface area (Å²) in [5.41, 5.74) is 14.7. The number of likely N-dealkylation sites (tertiary alicyclic amines) is 1. The molecule has 0 radical (unpaired) electrons. The van der Waals surface area contributed by atoms with Gasteiger partial charge in [-0.3, -0.25) is 9.69 Å². The number of nitrogens with zero attached hydrogens (tertiary/aromatic N) is 1. The molecule has 0 spiro atoms. The van der Waals surface area contributed by atoms with Crippen molar-refractivity contribution in [2.45, 2.75) is 46.1 Å². The molecule has 3 N–H and O–H groups in total. The molecule has 3 aromatic rings. The molecular formula is C28H32N2O2S.